The summed E-state index contributed by atoms with van der Waals surface area (Å²) in [6.07, 6.45) is 6.52. The van der Waals surface area contributed by atoms with Gasteiger partial charge < -0.3 is 14.9 Å². The minimum Gasteiger partial charge on any atom is -0.493 e. The highest BCUT2D eigenvalue weighted by molar-refractivity contribution is 6.21. The van der Waals surface area contributed by atoms with Crippen molar-refractivity contribution < 1.29 is 19.7 Å². The molecule has 5 heteroatoms. The minimum atomic E-state index is -0.765. The smallest absolute Gasteiger partial charge is 0.303 e. The van der Waals surface area contributed by atoms with Crippen LogP contribution in [-0.4, -0.2) is 34.3 Å². The lowest BCUT2D eigenvalue weighted by Crippen LogP contribution is -2.27. The van der Waals surface area contributed by atoms with Crippen LogP contribution in [0.25, 0.3) is 10.8 Å². The van der Waals surface area contributed by atoms with Crippen molar-refractivity contribution in [1.82, 2.24) is 0 Å². The van der Waals surface area contributed by atoms with E-state index in [0.29, 0.717) is 19.4 Å². The Hall–Kier alpha value is -2.04. The van der Waals surface area contributed by atoms with Crippen molar-refractivity contribution in [3.8, 4) is 5.75 Å². The number of aliphatic hydroxyl groups is 1. The topological polar surface area (TPSA) is 66.8 Å². The summed E-state index contributed by atoms with van der Waals surface area (Å²) in [5.41, 5.74) is 0. The highest BCUT2D eigenvalue weighted by Crippen LogP contribution is 2.39. The molecule has 1 fully saturated rings. The molecule has 0 heterocycles. The molecule has 0 unspecified atom stereocenters. The number of unbranched alkanes of at least 4 members (excludes halogenated alkanes) is 1. The zero-order valence-electron chi connectivity index (χ0n) is 15.8. The van der Waals surface area contributed by atoms with E-state index in [4.69, 9.17) is 21.4 Å². The van der Waals surface area contributed by atoms with E-state index in [1.165, 1.54) is 5.39 Å². The molecular formula is C23H27ClO4. The van der Waals surface area contributed by atoms with E-state index < -0.39 is 12.1 Å². The average Bonchev–Trinajstić information content (AvgIpc) is 2.95. The van der Waals surface area contributed by atoms with Crippen molar-refractivity contribution in [3.05, 3.63) is 54.6 Å². The maximum Gasteiger partial charge on any atom is 0.303 e. The third-order valence-corrected chi connectivity index (χ3v) is 5.98. The van der Waals surface area contributed by atoms with Crippen LogP contribution in [-0.2, 0) is 4.79 Å². The zero-order chi connectivity index (χ0) is 19.9. The van der Waals surface area contributed by atoms with Crippen LogP contribution in [0.15, 0.2) is 54.6 Å². The van der Waals surface area contributed by atoms with Gasteiger partial charge in [-0.2, -0.15) is 0 Å². The van der Waals surface area contributed by atoms with Crippen LogP contribution < -0.4 is 4.74 Å². The number of hydrogen-bond donors (Lipinski definition) is 2. The predicted molar refractivity (Wildman–Crippen MR) is 112 cm³/mol. The summed E-state index contributed by atoms with van der Waals surface area (Å²) in [5.74, 6) is 0.163. The van der Waals surface area contributed by atoms with Crippen molar-refractivity contribution in [2.45, 2.75) is 43.6 Å². The Morgan fingerprint density at radius 3 is 2.71 bits per heavy atom. The summed E-state index contributed by atoms with van der Waals surface area (Å²) in [6.45, 7) is 0.431. The van der Waals surface area contributed by atoms with Crippen LogP contribution >= 0.6 is 11.6 Å². The number of aliphatic carboxylic acids is 1. The molecule has 3 rings (SSSR count). The van der Waals surface area contributed by atoms with E-state index >= 15 is 0 Å². The summed E-state index contributed by atoms with van der Waals surface area (Å²) < 4.78 is 6.01. The van der Waals surface area contributed by atoms with Crippen LogP contribution in [0.5, 0.6) is 5.75 Å². The van der Waals surface area contributed by atoms with Gasteiger partial charge in [0.25, 0.3) is 0 Å². The number of rotatable bonds is 9. The molecule has 0 saturated heterocycles. The van der Waals surface area contributed by atoms with Crippen molar-refractivity contribution in [2.75, 3.05) is 6.61 Å². The quantitative estimate of drug-likeness (QED) is 0.351. The van der Waals surface area contributed by atoms with E-state index in [1.54, 1.807) is 0 Å². The molecule has 28 heavy (non-hydrogen) atoms. The van der Waals surface area contributed by atoms with E-state index in [9.17, 15) is 9.90 Å². The molecule has 2 aromatic rings. The lowest BCUT2D eigenvalue weighted by atomic mass is 9.92. The minimum absolute atomic E-state index is 0.0161. The van der Waals surface area contributed by atoms with Gasteiger partial charge in [-0.3, -0.25) is 4.79 Å². The Labute approximate surface area is 170 Å². The molecule has 1 aliphatic rings. The summed E-state index contributed by atoms with van der Waals surface area (Å²) in [6, 6.07) is 14.2. The Balaban J connectivity index is 1.55. The third kappa shape index (κ3) is 5.49. The highest BCUT2D eigenvalue weighted by Gasteiger charge is 2.41. The van der Waals surface area contributed by atoms with E-state index in [-0.39, 0.29) is 23.6 Å². The molecule has 2 aromatic carbocycles. The average molecular weight is 403 g/mol. The Bertz CT molecular complexity index is 819. The van der Waals surface area contributed by atoms with Crippen LogP contribution in [0.2, 0.25) is 0 Å². The number of fused-ring (bicyclic) bond motifs is 1. The van der Waals surface area contributed by atoms with Crippen molar-refractivity contribution in [2.24, 2.45) is 11.8 Å². The normalized spacial score (nSPS) is 24.8. The number of hydrogen-bond acceptors (Lipinski definition) is 3. The second-order valence-corrected chi connectivity index (χ2v) is 8.02. The van der Waals surface area contributed by atoms with Gasteiger partial charge in [0.15, 0.2) is 0 Å². The fourth-order valence-electron chi connectivity index (χ4n) is 3.88. The Morgan fingerprint density at radius 1 is 1.14 bits per heavy atom. The van der Waals surface area contributed by atoms with Gasteiger partial charge in [-0.1, -0.05) is 42.5 Å². The number of benzene rings is 2. The third-order valence-electron chi connectivity index (χ3n) is 5.48. The first-order valence-electron chi connectivity index (χ1n) is 9.85. The van der Waals surface area contributed by atoms with Gasteiger partial charge in [0, 0.05) is 17.7 Å². The first-order chi connectivity index (χ1) is 13.5. The van der Waals surface area contributed by atoms with Gasteiger partial charge in [-0.15, -0.1) is 11.6 Å². The number of aliphatic hydroxyl groups excluding tert-OH is 1. The molecule has 4 nitrogen and oxygen atoms in total. The molecule has 0 radical (unpaired) electrons. The lowest BCUT2D eigenvalue weighted by molar-refractivity contribution is -0.137. The lowest BCUT2D eigenvalue weighted by Gasteiger charge is -2.22. The van der Waals surface area contributed by atoms with Gasteiger partial charge in [0.1, 0.15) is 5.75 Å². The van der Waals surface area contributed by atoms with Crippen molar-refractivity contribution in [1.29, 1.82) is 0 Å². The van der Waals surface area contributed by atoms with Crippen LogP contribution in [0.4, 0.5) is 0 Å². The molecule has 0 spiro atoms. The molecule has 4 atom stereocenters. The number of carboxylic acid groups (broad SMARTS) is 1. The monoisotopic (exact) mass is 402 g/mol. The molecule has 0 aliphatic heterocycles. The van der Waals surface area contributed by atoms with Crippen molar-refractivity contribution >= 4 is 28.3 Å². The highest BCUT2D eigenvalue weighted by atomic mass is 35.5. The fraction of sp³-hybridized carbons (Fsp3) is 0.435. The van der Waals surface area contributed by atoms with Gasteiger partial charge in [0.05, 0.1) is 12.7 Å². The zero-order valence-corrected chi connectivity index (χ0v) is 16.6. The number of alkyl halides is 1. The second-order valence-electron chi connectivity index (χ2n) is 7.46. The van der Waals surface area contributed by atoms with Crippen molar-refractivity contribution in [3.63, 3.8) is 0 Å². The molecule has 0 bridgehead atoms. The van der Waals surface area contributed by atoms with E-state index in [0.717, 1.165) is 24.0 Å². The first kappa shape index (κ1) is 20.7. The molecule has 1 aliphatic carbocycles. The summed E-state index contributed by atoms with van der Waals surface area (Å²) >= 11 is 6.48. The number of ether oxygens (including phenoxy) is 1. The van der Waals surface area contributed by atoms with Crippen LogP contribution in [0.3, 0.4) is 0 Å². The van der Waals surface area contributed by atoms with Crippen LogP contribution in [0, 0.1) is 11.8 Å². The largest absolute Gasteiger partial charge is 0.493 e. The maximum absolute atomic E-state index is 10.5. The van der Waals surface area contributed by atoms with Gasteiger partial charge >= 0.3 is 5.97 Å². The second kappa shape index (κ2) is 9.94. The summed E-state index contributed by atoms with van der Waals surface area (Å²) in [4.78, 5) is 10.5. The molecule has 0 aromatic heterocycles. The SMILES string of the molecule is O=C(O)CCC/C=C\C[C@@H]1[C@@H](COc2ccc3ccccc3c2)[C@H](O)C[C@@H]1Cl. The van der Waals surface area contributed by atoms with Crippen LogP contribution in [0.1, 0.15) is 32.1 Å². The standard InChI is InChI=1S/C23H27ClO4/c24-21-14-22(25)20(19(21)9-3-1-2-4-10-23(26)27)15-28-18-12-11-16-7-5-6-8-17(16)13-18/h1,3,5-8,11-13,19-22,25H,2,4,9-10,14-15H2,(H,26,27)/b3-1-/t19-,20-,21+,22-/m1/s1. The number of carboxylic acids is 1. The first-order valence-corrected chi connectivity index (χ1v) is 10.3. The molecule has 2 N–H and O–H groups in total. The molecule has 1 saturated carbocycles. The van der Waals surface area contributed by atoms with E-state index in [1.807, 2.05) is 36.4 Å². The summed E-state index contributed by atoms with van der Waals surface area (Å²) in [5, 5.41) is 21.3. The van der Waals surface area contributed by atoms with E-state index in [2.05, 4.69) is 18.2 Å². The van der Waals surface area contributed by atoms with Gasteiger partial charge in [-0.05, 0) is 54.5 Å². The Morgan fingerprint density at radius 2 is 1.93 bits per heavy atom. The van der Waals surface area contributed by atoms with Gasteiger partial charge in [-0.25, -0.2) is 0 Å². The number of allylic oxidation sites excluding steroid dienone is 2. The fourth-order valence-corrected chi connectivity index (χ4v) is 4.36. The van der Waals surface area contributed by atoms with Gasteiger partial charge in [0.2, 0.25) is 0 Å². The predicted octanol–water partition coefficient (Wildman–Crippen LogP) is 5.02. The number of halogens is 1. The molecule has 0 amide bonds. The Kier molecular flexibility index (Phi) is 7.35. The molecular weight excluding hydrogens is 376 g/mol. The molecule has 150 valence electrons. The maximum atomic E-state index is 10.5. The number of carbonyl (C=O) groups is 1. The summed E-state index contributed by atoms with van der Waals surface area (Å²) in [7, 11) is 0.